The maximum atomic E-state index is 12.4. The Hall–Kier alpha value is -2.62. The molecule has 0 spiro atoms. The van der Waals surface area contributed by atoms with E-state index < -0.39 is 12.0 Å². The van der Waals surface area contributed by atoms with E-state index in [9.17, 15) is 14.7 Å². The normalized spacial score (nSPS) is 11.8. The Labute approximate surface area is 142 Å². The van der Waals surface area contributed by atoms with Crippen molar-refractivity contribution in [3.05, 3.63) is 71.3 Å². The molecule has 0 heterocycles. The summed E-state index contributed by atoms with van der Waals surface area (Å²) in [6, 6.07) is 16.6. The van der Waals surface area contributed by atoms with E-state index in [0.717, 1.165) is 11.1 Å². The van der Waals surface area contributed by atoms with Gasteiger partial charge in [0.1, 0.15) is 6.04 Å². The Balaban J connectivity index is 1.97. The number of carboxylic acids is 1. The third kappa shape index (κ3) is 4.95. The Morgan fingerprint density at radius 1 is 1.00 bits per heavy atom. The summed E-state index contributed by atoms with van der Waals surface area (Å²) < 4.78 is 0. The van der Waals surface area contributed by atoms with Gasteiger partial charge in [-0.3, -0.25) is 4.79 Å². The van der Waals surface area contributed by atoms with Gasteiger partial charge in [-0.1, -0.05) is 60.2 Å². The largest absolute Gasteiger partial charge is 0.480 e. The molecule has 0 aliphatic carbocycles. The van der Waals surface area contributed by atoms with Crippen LogP contribution in [0, 0.1) is 6.92 Å². The van der Waals surface area contributed by atoms with Gasteiger partial charge in [-0.2, -0.15) is 0 Å². The molecule has 0 bridgehead atoms. The topological polar surface area (TPSA) is 57.6 Å². The summed E-state index contributed by atoms with van der Waals surface area (Å²) in [6.45, 7) is 2.02. The van der Waals surface area contributed by atoms with Gasteiger partial charge >= 0.3 is 5.97 Å². The van der Waals surface area contributed by atoms with Gasteiger partial charge in [0.2, 0.25) is 5.91 Å². The molecule has 0 radical (unpaired) electrons. The van der Waals surface area contributed by atoms with Crippen molar-refractivity contribution in [1.82, 2.24) is 4.90 Å². The zero-order chi connectivity index (χ0) is 17.5. The monoisotopic (exact) mass is 325 g/mol. The van der Waals surface area contributed by atoms with Crippen LogP contribution in [0.3, 0.4) is 0 Å². The maximum Gasteiger partial charge on any atom is 0.326 e. The van der Waals surface area contributed by atoms with Crippen LogP contribution in [0.4, 0.5) is 0 Å². The molecule has 126 valence electrons. The lowest BCUT2D eigenvalue weighted by Gasteiger charge is -2.25. The van der Waals surface area contributed by atoms with Crippen molar-refractivity contribution in [3.63, 3.8) is 0 Å². The fourth-order valence-electron chi connectivity index (χ4n) is 2.58. The molecule has 0 saturated carbocycles. The van der Waals surface area contributed by atoms with Crippen molar-refractivity contribution in [2.45, 2.75) is 32.2 Å². The van der Waals surface area contributed by atoms with Crippen LogP contribution in [-0.2, 0) is 22.4 Å². The highest BCUT2D eigenvalue weighted by atomic mass is 16.4. The van der Waals surface area contributed by atoms with Crippen LogP contribution in [0.15, 0.2) is 54.6 Å². The van der Waals surface area contributed by atoms with E-state index in [4.69, 9.17) is 0 Å². The van der Waals surface area contributed by atoms with Crippen LogP contribution in [0.25, 0.3) is 0 Å². The molecule has 2 rings (SSSR count). The van der Waals surface area contributed by atoms with Crippen molar-refractivity contribution in [2.24, 2.45) is 0 Å². The summed E-state index contributed by atoms with van der Waals surface area (Å²) in [5.74, 6) is -1.14. The zero-order valence-electron chi connectivity index (χ0n) is 14.1. The molecule has 1 amide bonds. The smallest absolute Gasteiger partial charge is 0.326 e. The highest BCUT2D eigenvalue weighted by Crippen LogP contribution is 2.12. The van der Waals surface area contributed by atoms with E-state index in [2.05, 4.69) is 0 Å². The van der Waals surface area contributed by atoms with Gasteiger partial charge in [-0.05, 0) is 24.5 Å². The second kappa shape index (κ2) is 8.29. The fraction of sp³-hybridized carbons (Fsp3) is 0.300. The van der Waals surface area contributed by atoms with Gasteiger partial charge < -0.3 is 10.0 Å². The lowest BCUT2D eigenvalue weighted by Crippen LogP contribution is -2.43. The average Bonchev–Trinajstić information content (AvgIpc) is 2.59. The number of aliphatic carboxylic acids is 1. The van der Waals surface area contributed by atoms with E-state index in [1.165, 1.54) is 10.5 Å². The number of hydrogen-bond donors (Lipinski definition) is 1. The van der Waals surface area contributed by atoms with Gasteiger partial charge in [-0.25, -0.2) is 4.79 Å². The quantitative estimate of drug-likeness (QED) is 0.851. The van der Waals surface area contributed by atoms with Crippen LogP contribution < -0.4 is 0 Å². The molecule has 0 aliphatic heterocycles. The van der Waals surface area contributed by atoms with E-state index in [1.807, 2.05) is 61.5 Å². The first-order valence-corrected chi connectivity index (χ1v) is 8.05. The van der Waals surface area contributed by atoms with Gasteiger partial charge in [-0.15, -0.1) is 0 Å². The third-order valence-corrected chi connectivity index (χ3v) is 4.17. The maximum absolute atomic E-state index is 12.4. The predicted octanol–water partition coefficient (Wildman–Crippen LogP) is 3.08. The minimum absolute atomic E-state index is 0.154. The highest BCUT2D eigenvalue weighted by Gasteiger charge is 2.26. The number of benzene rings is 2. The van der Waals surface area contributed by atoms with Gasteiger partial charge in [0.25, 0.3) is 0 Å². The highest BCUT2D eigenvalue weighted by molar-refractivity contribution is 5.83. The summed E-state index contributed by atoms with van der Waals surface area (Å²) >= 11 is 0. The van der Waals surface area contributed by atoms with Crippen LogP contribution in [0.2, 0.25) is 0 Å². The Bertz CT molecular complexity index is 680. The molecule has 0 aliphatic rings. The summed E-state index contributed by atoms with van der Waals surface area (Å²) in [5.41, 5.74) is 3.16. The van der Waals surface area contributed by atoms with E-state index in [0.29, 0.717) is 19.3 Å². The third-order valence-electron chi connectivity index (χ3n) is 4.17. The number of carbonyl (C=O) groups is 2. The molecule has 4 nitrogen and oxygen atoms in total. The first kappa shape index (κ1) is 17.7. The molecule has 1 atom stereocenters. The van der Waals surface area contributed by atoms with Gasteiger partial charge in [0.05, 0.1) is 0 Å². The molecule has 24 heavy (non-hydrogen) atoms. The molecule has 1 N–H and O–H groups in total. The minimum Gasteiger partial charge on any atom is -0.480 e. The van der Waals surface area contributed by atoms with Crippen molar-refractivity contribution in [3.8, 4) is 0 Å². The standard InChI is InChI=1S/C20H23NO3/c1-15-8-10-16(11-9-15)12-13-19(22)21(2)18(20(23)24)14-17-6-4-3-5-7-17/h3-11,18H,12-14H2,1-2H3,(H,23,24). The second-order valence-corrected chi connectivity index (χ2v) is 6.03. The average molecular weight is 325 g/mol. The van der Waals surface area contributed by atoms with E-state index in [1.54, 1.807) is 7.05 Å². The SMILES string of the molecule is Cc1ccc(CCC(=O)N(C)C(Cc2ccccc2)C(=O)O)cc1. The number of aryl methyl sites for hydroxylation is 2. The molecular formula is C20H23NO3. The molecule has 2 aromatic carbocycles. The molecule has 0 aromatic heterocycles. The van der Waals surface area contributed by atoms with Crippen LogP contribution in [0.1, 0.15) is 23.1 Å². The van der Waals surface area contributed by atoms with Gasteiger partial charge in [0, 0.05) is 19.9 Å². The zero-order valence-corrected chi connectivity index (χ0v) is 14.1. The molecule has 4 heteroatoms. The minimum atomic E-state index is -0.981. The number of hydrogen-bond acceptors (Lipinski definition) is 2. The van der Waals surface area contributed by atoms with E-state index in [-0.39, 0.29) is 5.91 Å². The number of carboxylic acid groups (broad SMARTS) is 1. The summed E-state index contributed by atoms with van der Waals surface area (Å²) in [7, 11) is 1.57. The number of amides is 1. The number of likely N-dealkylation sites (N-methyl/N-ethyl adjacent to an activating group) is 1. The van der Waals surface area contributed by atoms with Crippen molar-refractivity contribution in [1.29, 1.82) is 0 Å². The molecular weight excluding hydrogens is 302 g/mol. The summed E-state index contributed by atoms with van der Waals surface area (Å²) in [5, 5.41) is 9.48. The molecule has 1 unspecified atom stereocenters. The van der Waals surface area contributed by atoms with Crippen LogP contribution in [0.5, 0.6) is 0 Å². The first-order chi connectivity index (χ1) is 11.5. The van der Waals surface area contributed by atoms with Crippen LogP contribution in [-0.4, -0.2) is 35.0 Å². The Morgan fingerprint density at radius 3 is 2.21 bits per heavy atom. The second-order valence-electron chi connectivity index (χ2n) is 6.03. The number of carbonyl (C=O) groups excluding carboxylic acids is 1. The summed E-state index contributed by atoms with van der Waals surface area (Å²) in [6.07, 6.45) is 1.22. The molecule has 0 saturated heterocycles. The van der Waals surface area contributed by atoms with Crippen molar-refractivity contribution < 1.29 is 14.7 Å². The fourth-order valence-corrected chi connectivity index (χ4v) is 2.58. The first-order valence-electron chi connectivity index (χ1n) is 8.05. The molecule has 0 fully saturated rings. The Kier molecular flexibility index (Phi) is 6.13. The van der Waals surface area contributed by atoms with E-state index >= 15 is 0 Å². The predicted molar refractivity (Wildman–Crippen MR) is 93.8 cm³/mol. The Morgan fingerprint density at radius 2 is 1.62 bits per heavy atom. The van der Waals surface area contributed by atoms with Crippen LogP contribution >= 0.6 is 0 Å². The lowest BCUT2D eigenvalue weighted by atomic mass is 10.0. The lowest BCUT2D eigenvalue weighted by molar-refractivity contribution is -0.149. The van der Waals surface area contributed by atoms with Crippen molar-refractivity contribution >= 4 is 11.9 Å². The number of nitrogens with zero attached hydrogens (tertiary/aromatic N) is 1. The molecule has 2 aromatic rings. The van der Waals surface area contributed by atoms with Gasteiger partial charge in [0.15, 0.2) is 0 Å². The number of rotatable bonds is 7. The summed E-state index contributed by atoms with van der Waals surface area (Å²) in [4.78, 5) is 25.3. The van der Waals surface area contributed by atoms with Crippen molar-refractivity contribution in [2.75, 3.05) is 7.05 Å².